The predicted molar refractivity (Wildman–Crippen MR) is 84.5 cm³/mol. The van der Waals surface area contributed by atoms with Gasteiger partial charge in [0.15, 0.2) is 0 Å². The number of hydrogen-bond donors (Lipinski definition) is 0. The van der Waals surface area contributed by atoms with E-state index in [1.807, 2.05) is 0 Å². The number of rotatable bonds is 3. The number of halogens is 1. The van der Waals surface area contributed by atoms with Gasteiger partial charge in [-0.1, -0.05) is 40.2 Å². The Bertz CT molecular complexity index is 712. The molecule has 0 saturated heterocycles. The fraction of sp³-hybridized carbons (Fsp3) is 0.176. The predicted octanol–water partition coefficient (Wildman–Crippen LogP) is 4.95. The van der Waals surface area contributed by atoms with Gasteiger partial charge in [-0.3, -0.25) is 0 Å². The van der Waals surface area contributed by atoms with Gasteiger partial charge in [-0.25, -0.2) is 0 Å². The van der Waals surface area contributed by atoms with Crippen LogP contribution in [-0.4, -0.2) is 4.57 Å². The maximum atomic E-state index is 3.51. The van der Waals surface area contributed by atoms with Crippen LogP contribution >= 0.6 is 15.9 Å². The van der Waals surface area contributed by atoms with Gasteiger partial charge in [-0.05, 0) is 53.9 Å². The van der Waals surface area contributed by atoms with E-state index in [1.54, 1.807) is 0 Å². The standard InChI is InChI=1S/C17H16BrN/c1-13-3-2-9-19(13)10-8-14-4-5-16-12-17(18)7-6-15(16)11-14/h2-7,9,11-12H,8,10H2,1H3. The molecule has 0 saturated carbocycles. The summed E-state index contributed by atoms with van der Waals surface area (Å²) in [4.78, 5) is 0. The average Bonchev–Trinajstić information content (AvgIpc) is 2.82. The van der Waals surface area contributed by atoms with E-state index in [9.17, 15) is 0 Å². The Labute approximate surface area is 122 Å². The van der Waals surface area contributed by atoms with Crippen LogP contribution in [0.15, 0.2) is 59.2 Å². The summed E-state index contributed by atoms with van der Waals surface area (Å²) < 4.78 is 3.43. The topological polar surface area (TPSA) is 4.93 Å². The number of hydrogen-bond acceptors (Lipinski definition) is 0. The Morgan fingerprint density at radius 3 is 2.58 bits per heavy atom. The minimum Gasteiger partial charge on any atom is -0.351 e. The van der Waals surface area contributed by atoms with Crippen LogP contribution in [0.2, 0.25) is 0 Å². The second kappa shape index (κ2) is 5.22. The first kappa shape index (κ1) is 12.5. The van der Waals surface area contributed by atoms with Crippen LogP contribution < -0.4 is 0 Å². The van der Waals surface area contributed by atoms with E-state index in [1.165, 1.54) is 22.0 Å². The molecule has 0 aliphatic heterocycles. The lowest BCUT2D eigenvalue weighted by Crippen LogP contribution is -2.01. The second-order valence-electron chi connectivity index (χ2n) is 4.92. The maximum Gasteiger partial charge on any atom is 0.0262 e. The third-order valence-corrected chi connectivity index (χ3v) is 4.06. The highest BCUT2D eigenvalue weighted by Gasteiger charge is 2.00. The summed E-state index contributed by atoms with van der Waals surface area (Å²) in [6.45, 7) is 3.19. The molecule has 2 heteroatoms. The minimum atomic E-state index is 1.04. The largest absolute Gasteiger partial charge is 0.351 e. The smallest absolute Gasteiger partial charge is 0.0262 e. The van der Waals surface area contributed by atoms with E-state index in [0.717, 1.165) is 17.4 Å². The highest BCUT2D eigenvalue weighted by Crippen LogP contribution is 2.21. The Hall–Kier alpha value is -1.54. The number of aromatic nitrogens is 1. The summed E-state index contributed by atoms with van der Waals surface area (Å²) in [5, 5.41) is 2.60. The zero-order chi connectivity index (χ0) is 13.2. The van der Waals surface area contributed by atoms with Crippen molar-refractivity contribution in [1.29, 1.82) is 0 Å². The molecule has 0 amide bonds. The summed E-state index contributed by atoms with van der Waals surface area (Å²) in [5.41, 5.74) is 2.72. The molecule has 0 spiro atoms. The highest BCUT2D eigenvalue weighted by atomic mass is 79.9. The SMILES string of the molecule is Cc1cccn1CCc1ccc2cc(Br)ccc2c1. The van der Waals surface area contributed by atoms with Crippen molar-refractivity contribution in [2.24, 2.45) is 0 Å². The Morgan fingerprint density at radius 2 is 1.79 bits per heavy atom. The van der Waals surface area contributed by atoms with E-state index in [2.05, 4.69) is 82.1 Å². The van der Waals surface area contributed by atoms with Gasteiger partial charge in [0.1, 0.15) is 0 Å². The van der Waals surface area contributed by atoms with Gasteiger partial charge in [0, 0.05) is 22.9 Å². The lowest BCUT2D eigenvalue weighted by Gasteiger charge is -2.07. The maximum absolute atomic E-state index is 3.51. The molecule has 0 atom stereocenters. The van der Waals surface area contributed by atoms with Gasteiger partial charge in [0.25, 0.3) is 0 Å². The molecule has 1 nitrogen and oxygen atoms in total. The molecule has 2 aromatic carbocycles. The molecule has 1 heterocycles. The van der Waals surface area contributed by atoms with Crippen LogP contribution in [0.25, 0.3) is 10.8 Å². The minimum absolute atomic E-state index is 1.04. The van der Waals surface area contributed by atoms with Crippen LogP contribution in [0, 0.1) is 6.92 Å². The van der Waals surface area contributed by atoms with Gasteiger partial charge >= 0.3 is 0 Å². The lowest BCUT2D eigenvalue weighted by atomic mass is 10.1. The van der Waals surface area contributed by atoms with Crippen molar-refractivity contribution in [3.8, 4) is 0 Å². The first-order valence-electron chi connectivity index (χ1n) is 6.52. The first-order valence-corrected chi connectivity index (χ1v) is 7.31. The van der Waals surface area contributed by atoms with Gasteiger partial charge in [0.05, 0.1) is 0 Å². The first-order chi connectivity index (χ1) is 9.22. The molecule has 19 heavy (non-hydrogen) atoms. The zero-order valence-corrected chi connectivity index (χ0v) is 12.5. The molecule has 96 valence electrons. The van der Waals surface area contributed by atoms with Gasteiger partial charge in [-0.15, -0.1) is 0 Å². The van der Waals surface area contributed by atoms with Crippen LogP contribution in [-0.2, 0) is 13.0 Å². The Balaban J connectivity index is 1.82. The third-order valence-electron chi connectivity index (χ3n) is 3.56. The summed E-state index contributed by atoms with van der Waals surface area (Å²) in [6.07, 6.45) is 3.22. The van der Waals surface area contributed by atoms with Crippen molar-refractivity contribution in [3.63, 3.8) is 0 Å². The fourth-order valence-corrected chi connectivity index (χ4v) is 2.80. The number of benzene rings is 2. The number of aryl methyl sites for hydroxylation is 3. The Kier molecular flexibility index (Phi) is 3.43. The summed E-state index contributed by atoms with van der Waals surface area (Å²) in [6, 6.07) is 17.4. The molecule has 0 unspecified atom stereocenters. The number of fused-ring (bicyclic) bond motifs is 1. The van der Waals surface area contributed by atoms with Crippen molar-refractivity contribution >= 4 is 26.7 Å². The van der Waals surface area contributed by atoms with Gasteiger partial charge in [-0.2, -0.15) is 0 Å². The van der Waals surface area contributed by atoms with E-state index >= 15 is 0 Å². The van der Waals surface area contributed by atoms with Crippen molar-refractivity contribution < 1.29 is 0 Å². The van der Waals surface area contributed by atoms with Crippen molar-refractivity contribution in [2.75, 3.05) is 0 Å². The molecule has 0 aliphatic carbocycles. The van der Waals surface area contributed by atoms with Crippen LogP contribution in [0.3, 0.4) is 0 Å². The van der Waals surface area contributed by atoms with E-state index < -0.39 is 0 Å². The van der Waals surface area contributed by atoms with Crippen molar-refractivity contribution in [1.82, 2.24) is 4.57 Å². The molecule has 0 aliphatic rings. The average molecular weight is 314 g/mol. The van der Waals surface area contributed by atoms with E-state index in [0.29, 0.717) is 0 Å². The second-order valence-corrected chi connectivity index (χ2v) is 5.83. The molecule has 0 bridgehead atoms. The van der Waals surface area contributed by atoms with Crippen LogP contribution in [0.4, 0.5) is 0 Å². The summed E-state index contributed by atoms with van der Waals surface area (Å²) in [7, 11) is 0. The van der Waals surface area contributed by atoms with Gasteiger partial charge in [0.2, 0.25) is 0 Å². The molecular formula is C17H16BrN. The summed E-state index contributed by atoms with van der Waals surface area (Å²) >= 11 is 3.51. The van der Waals surface area contributed by atoms with Crippen molar-refractivity contribution in [2.45, 2.75) is 19.9 Å². The monoisotopic (exact) mass is 313 g/mol. The van der Waals surface area contributed by atoms with Crippen molar-refractivity contribution in [3.05, 3.63) is 70.5 Å². The Morgan fingerprint density at radius 1 is 1.00 bits per heavy atom. The van der Waals surface area contributed by atoms with E-state index in [4.69, 9.17) is 0 Å². The third kappa shape index (κ3) is 2.74. The molecular weight excluding hydrogens is 298 g/mol. The summed E-state index contributed by atoms with van der Waals surface area (Å²) in [5.74, 6) is 0. The highest BCUT2D eigenvalue weighted by molar-refractivity contribution is 9.10. The van der Waals surface area contributed by atoms with Crippen LogP contribution in [0.1, 0.15) is 11.3 Å². The van der Waals surface area contributed by atoms with Crippen LogP contribution in [0.5, 0.6) is 0 Å². The molecule has 0 N–H and O–H groups in total. The lowest BCUT2D eigenvalue weighted by molar-refractivity contribution is 0.682. The van der Waals surface area contributed by atoms with E-state index in [-0.39, 0.29) is 0 Å². The molecule has 0 radical (unpaired) electrons. The quantitative estimate of drug-likeness (QED) is 0.644. The van der Waals surface area contributed by atoms with Gasteiger partial charge < -0.3 is 4.57 Å². The molecule has 3 aromatic rings. The molecule has 1 aromatic heterocycles. The molecule has 3 rings (SSSR count). The normalized spacial score (nSPS) is 11.1. The number of nitrogens with zero attached hydrogens (tertiary/aromatic N) is 1. The zero-order valence-electron chi connectivity index (χ0n) is 10.9. The molecule has 0 fully saturated rings. The fourth-order valence-electron chi connectivity index (χ4n) is 2.42.